The maximum absolute atomic E-state index is 12.2. The number of nitrogens with one attached hydrogen (secondary N) is 2. The number of aliphatic hydroxyl groups excluding tert-OH is 1. The molecule has 0 bridgehead atoms. The Morgan fingerprint density at radius 3 is 2.52 bits per heavy atom. The normalized spacial score (nSPS) is 12.7. The lowest BCUT2D eigenvalue weighted by Gasteiger charge is -2.15. The lowest BCUT2D eigenvalue weighted by molar-refractivity contribution is 0.222. The minimum Gasteiger partial charge on any atom is -0.394 e. The van der Waals surface area contributed by atoms with Crippen molar-refractivity contribution in [3.8, 4) is 0 Å². The molecule has 2 aromatic rings. The molecule has 1 aromatic heterocycles. The van der Waals surface area contributed by atoms with Gasteiger partial charge in [-0.3, -0.25) is 5.32 Å². The Balaban J connectivity index is 2.22. The largest absolute Gasteiger partial charge is 0.394 e. The number of rotatable bonds is 6. The average molecular weight is 344 g/mol. The van der Waals surface area contributed by atoms with Gasteiger partial charge >= 0.3 is 6.03 Å². The van der Waals surface area contributed by atoms with Crippen LogP contribution in [-0.2, 0) is 12.0 Å². The fraction of sp³-hybridized carbons (Fsp3) is 0.474. The van der Waals surface area contributed by atoms with Crippen molar-refractivity contribution in [2.75, 3.05) is 11.9 Å². The van der Waals surface area contributed by atoms with E-state index < -0.39 is 0 Å². The minimum atomic E-state index is -0.337. The first kappa shape index (κ1) is 19.0. The first-order valence-electron chi connectivity index (χ1n) is 8.64. The van der Waals surface area contributed by atoms with Crippen LogP contribution >= 0.6 is 0 Å². The van der Waals surface area contributed by atoms with Crippen LogP contribution in [0.4, 0.5) is 10.6 Å². The summed E-state index contributed by atoms with van der Waals surface area (Å²) in [5.41, 5.74) is 1.90. The van der Waals surface area contributed by atoms with E-state index in [4.69, 9.17) is 0 Å². The number of aromatic nitrogens is 2. The number of amides is 2. The number of aliphatic hydroxyl groups is 1. The second kappa shape index (κ2) is 8.16. The molecule has 3 N–H and O–H groups in total. The van der Waals surface area contributed by atoms with Crippen LogP contribution in [0.25, 0.3) is 0 Å². The third-order valence-electron chi connectivity index (χ3n) is 4.01. The van der Waals surface area contributed by atoms with Crippen molar-refractivity contribution < 1.29 is 9.90 Å². The quantitative estimate of drug-likeness (QED) is 0.753. The van der Waals surface area contributed by atoms with Crippen LogP contribution in [0, 0.1) is 0 Å². The number of carbonyl (C=O) groups is 1. The van der Waals surface area contributed by atoms with Crippen molar-refractivity contribution in [1.82, 2.24) is 15.1 Å². The van der Waals surface area contributed by atoms with Crippen LogP contribution in [0.5, 0.6) is 0 Å². The molecule has 0 aliphatic heterocycles. The van der Waals surface area contributed by atoms with E-state index in [0.29, 0.717) is 18.8 Å². The van der Waals surface area contributed by atoms with Gasteiger partial charge in [-0.05, 0) is 12.0 Å². The van der Waals surface area contributed by atoms with E-state index in [1.807, 2.05) is 43.3 Å². The Hall–Kier alpha value is -2.34. The first-order valence-corrected chi connectivity index (χ1v) is 8.64. The summed E-state index contributed by atoms with van der Waals surface area (Å²) in [6.07, 6.45) is 0.667. The van der Waals surface area contributed by atoms with E-state index >= 15 is 0 Å². The molecule has 2 rings (SSSR count). The Labute approximate surface area is 149 Å². The second-order valence-electron chi connectivity index (χ2n) is 7.19. The van der Waals surface area contributed by atoms with Crippen molar-refractivity contribution in [1.29, 1.82) is 0 Å². The predicted molar refractivity (Wildman–Crippen MR) is 99.8 cm³/mol. The van der Waals surface area contributed by atoms with Gasteiger partial charge in [0.15, 0.2) is 0 Å². The van der Waals surface area contributed by atoms with Crippen molar-refractivity contribution in [2.24, 2.45) is 0 Å². The Morgan fingerprint density at radius 2 is 1.96 bits per heavy atom. The van der Waals surface area contributed by atoms with E-state index in [1.165, 1.54) is 0 Å². The monoisotopic (exact) mass is 344 g/mol. The molecule has 0 fully saturated rings. The summed E-state index contributed by atoms with van der Waals surface area (Å²) in [7, 11) is 0. The topological polar surface area (TPSA) is 79.2 Å². The van der Waals surface area contributed by atoms with Gasteiger partial charge in [-0.1, -0.05) is 58.0 Å². The predicted octanol–water partition coefficient (Wildman–Crippen LogP) is 3.12. The van der Waals surface area contributed by atoms with Gasteiger partial charge < -0.3 is 10.4 Å². The summed E-state index contributed by atoms with van der Waals surface area (Å²) >= 11 is 0. The number of carbonyl (C=O) groups excluding carboxylic acids is 1. The van der Waals surface area contributed by atoms with Gasteiger partial charge in [-0.2, -0.15) is 5.10 Å². The van der Waals surface area contributed by atoms with E-state index in [2.05, 4.69) is 36.5 Å². The fourth-order valence-electron chi connectivity index (χ4n) is 2.38. The zero-order valence-electron chi connectivity index (χ0n) is 15.4. The molecule has 0 radical (unpaired) electrons. The van der Waals surface area contributed by atoms with Crippen molar-refractivity contribution in [3.63, 3.8) is 0 Å². The molecular formula is C19H28N4O2. The first-order chi connectivity index (χ1) is 11.8. The third kappa shape index (κ3) is 5.32. The zero-order chi connectivity index (χ0) is 18.4. The van der Waals surface area contributed by atoms with E-state index in [1.54, 1.807) is 4.68 Å². The van der Waals surface area contributed by atoms with Crippen LogP contribution in [0.1, 0.15) is 45.4 Å². The van der Waals surface area contributed by atoms with Gasteiger partial charge in [0.2, 0.25) is 0 Å². The summed E-state index contributed by atoms with van der Waals surface area (Å²) in [5.74, 6) is 0.638. The molecule has 0 saturated heterocycles. The van der Waals surface area contributed by atoms with Gasteiger partial charge in [-0.15, -0.1) is 0 Å². The summed E-state index contributed by atoms with van der Waals surface area (Å²) < 4.78 is 1.80. The van der Waals surface area contributed by atoms with E-state index in [0.717, 1.165) is 11.3 Å². The molecule has 25 heavy (non-hydrogen) atoms. The lowest BCUT2D eigenvalue weighted by Crippen LogP contribution is -2.40. The number of hydrogen-bond donors (Lipinski definition) is 3. The summed E-state index contributed by atoms with van der Waals surface area (Å²) in [6, 6.07) is 11.3. The number of benzene rings is 1. The van der Waals surface area contributed by atoms with Gasteiger partial charge in [0, 0.05) is 11.5 Å². The van der Waals surface area contributed by atoms with Gasteiger partial charge in [-0.25, -0.2) is 9.48 Å². The van der Waals surface area contributed by atoms with Crippen LogP contribution in [0.15, 0.2) is 36.4 Å². The summed E-state index contributed by atoms with van der Waals surface area (Å²) in [6.45, 7) is 8.67. The number of anilines is 1. The molecule has 0 aliphatic carbocycles. The molecule has 1 aromatic carbocycles. The highest BCUT2D eigenvalue weighted by atomic mass is 16.3. The van der Waals surface area contributed by atoms with Gasteiger partial charge in [0.25, 0.3) is 0 Å². The molecule has 6 heteroatoms. The molecule has 1 atom stereocenters. The molecular weight excluding hydrogens is 316 g/mol. The maximum Gasteiger partial charge on any atom is 0.320 e. The zero-order valence-corrected chi connectivity index (χ0v) is 15.4. The summed E-state index contributed by atoms with van der Waals surface area (Å²) in [5, 5.41) is 19.5. The second-order valence-corrected chi connectivity index (χ2v) is 7.19. The van der Waals surface area contributed by atoms with Crippen molar-refractivity contribution >= 4 is 11.8 Å². The SMILES string of the molecule is CCC(CO)NC(=O)Nc1cc(C(C)(C)C)nn1Cc1ccccc1. The smallest absolute Gasteiger partial charge is 0.320 e. The third-order valence-corrected chi connectivity index (χ3v) is 4.01. The number of nitrogens with zero attached hydrogens (tertiary/aromatic N) is 2. The lowest BCUT2D eigenvalue weighted by atomic mass is 9.92. The highest BCUT2D eigenvalue weighted by molar-refractivity contribution is 5.88. The molecule has 0 aliphatic rings. The molecule has 1 unspecified atom stereocenters. The number of hydrogen-bond acceptors (Lipinski definition) is 3. The Morgan fingerprint density at radius 1 is 1.28 bits per heavy atom. The van der Waals surface area contributed by atoms with Crippen molar-refractivity contribution in [2.45, 2.75) is 52.1 Å². The average Bonchev–Trinajstić information content (AvgIpc) is 2.96. The van der Waals surface area contributed by atoms with Gasteiger partial charge in [0.1, 0.15) is 5.82 Å². The highest BCUT2D eigenvalue weighted by Gasteiger charge is 2.21. The molecule has 0 saturated carbocycles. The fourth-order valence-corrected chi connectivity index (χ4v) is 2.38. The molecule has 0 spiro atoms. The molecule has 2 amide bonds. The van der Waals surface area contributed by atoms with E-state index in [-0.39, 0.29) is 24.1 Å². The van der Waals surface area contributed by atoms with Crippen LogP contribution in [0.3, 0.4) is 0 Å². The van der Waals surface area contributed by atoms with Gasteiger partial charge in [0.05, 0.1) is 24.9 Å². The minimum absolute atomic E-state index is 0.0829. The highest BCUT2D eigenvalue weighted by Crippen LogP contribution is 2.24. The van der Waals surface area contributed by atoms with Crippen LogP contribution < -0.4 is 10.6 Å². The number of urea groups is 1. The van der Waals surface area contributed by atoms with Crippen molar-refractivity contribution in [3.05, 3.63) is 47.7 Å². The Kier molecular flexibility index (Phi) is 6.20. The summed E-state index contributed by atoms with van der Waals surface area (Å²) in [4.78, 5) is 12.2. The molecule has 1 heterocycles. The van der Waals surface area contributed by atoms with Crippen LogP contribution in [-0.4, -0.2) is 33.6 Å². The molecule has 6 nitrogen and oxygen atoms in total. The maximum atomic E-state index is 12.2. The Bertz CT molecular complexity index is 685. The van der Waals surface area contributed by atoms with Crippen LogP contribution in [0.2, 0.25) is 0 Å². The van der Waals surface area contributed by atoms with E-state index in [9.17, 15) is 9.90 Å². The standard InChI is InChI=1S/C19H28N4O2/c1-5-15(13-24)20-18(25)21-17-11-16(19(2,3)4)22-23(17)12-14-9-7-6-8-10-14/h6-11,15,24H,5,12-13H2,1-4H3,(H2,20,21,25). The molecule has 136 valence electrons.